The molecule has 2 atom stereocenters. The largest absolute Gasteiger partial charge is 0.481 e. The van der Waals surface area contributed by atoms with Gasteiger partial charge in [-0.05, 0) is 49.1 Å². The summed E-state index contributed by atoms with van der Waals surface area (Å²) in [6, 6.07) is 5.70. The maximum Gasteiger partial charge on any atom is 0.306 e. The van der Waals surface area contributed by atoms with Gasteiger partial charge in [0.15, 0.2) is 0 Å². The summed E-state index contributed by atoms with van der Waals surface area (Å²) in [5, 5.41) is 13.3. The van der Waals surface area contributed by atoms with Crippen molar-refractivity contribution in [2.75, 3.05) is 6.54 Å². The highest BCUT2D eigenvalue weighted by molar-refractivity contribution is 9.10. The van der Waals surface area contributed by atoms with Gasteiger partial charge >= 0.3 is 5.97 Å². The molecule has 0 saturated heterocycles. The Morgan fingerprint density at radius 1 is 1.40 bits per heavy atom. The number of nitrogens with one attached hydrogen (secondary N) is 1. The molecule has 1 saturated carbocycles. The van der Waals surface area contributed by atoms with Crippen molar-refractivity contribution < 1.29 is 9.90 Å². The molecule has 2 N–H and O–H groups in total. The first-order valence-electron chi connectivity index (χ1n) is 6.95. The maximum atomic E-state index is 11.2. The number of aliphatic carboxylic acids is 1. The Kier molecular flexibility index (Phi) is 5.87. The smallest absolute Gasteiger partial charge is 0.306 e. The minimum absolute atomic E-state index is 0.195. The van der Waals surface area contributed by atoms with Gasteiger partial charge in [-0.25, -0.2) is 0 Å². The van der Waals surface area contributed by atoms with E-state index in [-0.39, 0.29) is 11.8 Å². The second kappa shape index (κ2) is 7.43. The van der Waals surface area contributed by atoms with Gasteiger partial charge in [0.2, 0.25) is 0 Å². The van der Waals surface area contributed by atoms with Crippen LogP contribution in [0, 0.1) is 11.8 Å². The third-order valence-corrected chi connectivity index (χ3v) is 4.96. The van der Waals surface area contributed by atoms with E-state index >= 15 is 0 Å². The van der Waals surface area contributed by atoms with Crippen molar-refractivity contribution in [1.82, 2.24) is 5.32 Å². The molecule has 2 unspecified atom stereocenters. The highest BCUT2D eigenvalue weighted by Gasteiger charge is 2.30. The molecule has 1 aliphatic rings. The van der Waals surface area contributed by atoms with Crippen LogP contribution in [0.2, 0.25) is 5.02 Å². The van der Waals surface area contributed by atoms with Gasteiger partial charge < -0.3 is 10.4 Å². The average Bonchev–Trinajstić information content (AvgIpc) is 2.43. The molecule has 1 aromatic carbocycles. The average molecular weight is 361 g/mol. The van der Waals surface area contributed by atoms with Crippen molar-refractivity contribution in [1.29, 1.82) is 0 Å². The lowest BCUT2D eigenvalue weighted by Crippen LogP contribution is -2.34. The van der Waals surface area contributed by atoms with E-state index in [2.05, 4.69) is 21.2 Å². The fourth-order valence-corrected chi connectivity index (χ4v) is 3.43. The van der Waals surface area contributed by atoms with Crippen LogP contribution in [0.5, 0.6) is 0 Å². The Balaban J connectivity index is 1.88. The molecule has 0 amide bonds. The SMILES string of the molecule is O=C(O)C1CCCCC1CNCc1cc(Cl)ccc1Br. The molecule has 3 nitrogen and oxygen atoms in total. The number of halogens is 2. The molecule has 2 rings (SSSR count). The van der Waals surface area contributed by atoms with E-state index in [1.54, 1.807) is 0 Å². The fraction of sp³-hybridized carbons (Fsp3) is 0.533. The predicted molar refractivity (Wildman–Crippen MR) is 83.9 cm³/mol. The molecule has 1 fully saturated rings. The summed E-state index contributed by atoms with van der Waals surface area (Å²) >= 11 is 9.48. The second-order valence-corrected chi connectivity index (χ2v) is 6.65. The van der Waals surface area contributed by atoms with Crippen molar-refractivity contribution in [2.45, 2.75) is 32.2 Å². The lowest BCUT2D eigenvalue weighted by atomic mass is 9.79. The Hall–Kier alpha value is -0.580. The van der Waals surface area contributed by atoms with Crippen LogP contribution >= 0.6 is 27.5 Å². The molecule has 0 radical (unpaired) electrons. The van der Waals surface area contributed by atoms with Crippen LogP contribution in [0.3, 0.4) is 0 Å². The van der Waals surface area contributed by atoms with Crippen LogP contribution in [0.15, 0.2) is 22.7 Å². The summed E-state index contributed by atoms with van der Waals surface area (Å²) in [4.78, 5) is 11.2. The van der Waals surface area contributed by atoms with Crippen LogP contribution < -0.4 is 5.32 Å². The van der Waals surface area contributed by atoms with Crippen LogP contribution in [-0.4, -0.2) is 17.6 Å². The van der Waals surface area contributed by atoms with E-state index in [1.807, 2.05) is 18.2 Å². The zero-order valence-electron chi connectivity index (χ0n) is 11.2. The Bertz CT molecular complexity index is 481. The normalized spacial score (nSPS) is 22.7. The topological polar surface area (TPSA) is 49.3 Å². The summed E-state index contributed by atoms with van der Waals surface area (Å²) in [5.74, 6) is -0.612. The molecule has 0 heterocycles. The molecule has 5 heteroatoms. The highest BCUT2D eigenvalue weighted by atomic mass is 79.9. The molecule has 0 aliphatic heterocycles. The second-order valence-electron chi connectivity index (χ2n) is 5.36. The van der Waals surface area contributed by atoms with Crippen molar-refractivity contribution in [3.63, 3.8) is 0 Å². The van der Waals surface area contributed by atoms with Crippen LogP contribution in [0.4, 0.5) is 0 Å². The van der Waals surface area contributed by atoms with E-state index < -0.39 is 5.97 Å². The Morgan fingerprint density at radius 2 is 2.15 bits per heavy atom. The van der Waals surface area contributed by atoms with Gasteiger partial charge in [0.25, 0.3) is 0 Å². The van der Waals surface area contributed by atoms with Gasteiger partial charge in [-0.2, -0.15) is 0 Å². The Labute approximate surface area is 132 Å². The summed E-state index contributed by atoms with van der Waals surface area (Å²) < 4.78 is 1.02. The van der Waals surface area contributed by atoms with Gasteiger partial charge in [-0.1, -0.05) is 40.4 Å². The van der Waals surface area contributed by atoms with E-state index in [0.29, 0.717) is 11.6 Å². The quantitative estimate of drug-likeness (QED) is 0.831. The van der Waals surface area contributed by atoms with Crippen molar-refractivity contribution >= 4 is 33.5 Å². The van der Waals surface area contributed by atoms with E-state index in [4.69, 9.17) is 11.6 Å². The number of carbonyl (C=O) groups is 1. The van der Waals surface area contributed by atoms with Crippen LogP contribution in [0.25, 0.3) is 0 Å². The lowest BCUT2D eigenvalue weighted by molar-refractivity contribution is -0.144. The molecule has 110 valence electrons. The molecule has 0 spiro atoms. The lowest BCUT2D eigenvalue weighted by Gasteiger charge is -2.28. The number of hydrogen-bond donors (Lipinski definition) is 2. The first kappa shape index (κ1) is 15.8. The van der Waals surface area contributed by atoms with Crippen molar-refractivity contribution in [2.24, 2.45) is 11.8 Å². The number of carboxylic acid groups (broad SMARTS) is 1. The molecular weight excluding hydrogens is 342 g/mol. The van der Waals surface area contributed by atoms with Gasteiger partial charge in [0.1, 0.15) is 0 Å². The summed E-state index contributed by atoms with van der Waals surface area (Å²) in [6.45, 7) is 1.44. The minimum Gasteiger partial charge on any atom is -0.481 e. The molecule has 1 aliphatic carbocycles. The van der Waals surface area contributed by atoms with E-state index in [1.165, 1.54) is 0 Å². The third kappa shape index (κ3) is 4.21. The van der Waals surface area contributed by atoms with Gasteiger partial charge in [-0.15, -0.1) is 0 Å². The first-order chi connectivity index (χ1) is 9.58. The highest BCUT2D eigenvalue weighted by Crippen LogP contribution is 2.30. The zero-order chi connectivity index (χ0) is 14.5. The molecule has 1 aromatic rings. The number of carboxylic acids is 1. The first-order valence-corrected chi connectivity index (χ1v) is 8.12. The summed E-state index contributed by atoms with van der Waals surface area (Å²) in [5.41, 5.74) is 1.10. The number of rotatable bonds is 5. The van der Waals surface area contributed by atoms with E-state index in [0.717, 1.165) is 42.3 Å². The monoisotopic (exact) mass is 359 g/mol. The van der Waals surface area contributed by atoms with Gasteiger partial charge in [-0.3, -0.25) is 4.79 Å². The number of hydrogen-bond acceptors (Lipinski definition) is 2. The third-order valence-electron chi connectivity index (χ3n) is 3.96. The summed E-state index contributed by atoms with van der Waals surface area (Å²) in [6.07, 6.45) is 3.98. The van der Waals surface area contributed by atoms with Crippen molar-refractivity contribution in [3.05, 3.63) is 33.3 Å². The van der Waals surface area contributed by atoms with Crippen LogP contribution in [-0.2, 0) is 11.3 Å². The van der Waals surface area contributed by atoms with Crippen LogP contribution in [0.1, 0.15) is 31.2 Å². The van der Waals surface area contributed by atoms with E-state index in [9.17, 15) is 9.90 Å². The minimum atomic E-state index is -0.652. The molecular formula is C15H19BrClNO2. The molecule has 0 aromatic heterocycles. The Morgan fingerprint density at radius 3 is 2.90 bits per heavy atom. The predicted octanol–water partition coefficient (Wildman–Crippen LogP) is 4.08. The zero-order valence-corrected chi connectivity index (χ0v) is 13.6. The molecule has 20 heavy (non-hydrogen) atoms. The van der Waals surface area contributed by atoms with Gasteiger partial charge in [0, 0.05) is 16.0 Å². The maximum absolute atomic E-state index is 11.2. The number of benzene rings is 1. The molecule has 0 bridgehead atoms. The fourth-order valence-electron chi connectivity index (χ4n) is 2.85. The van der Waals surface area contributed by atoms with Gasteiger partial charge in [0.05, 0.1) is 5.92 Å². The van der Waals surface area contributed by atoms with Crippen molar-refractivity contribution in [3.8, 4) is 0 Å². The summed E-state index contributed by atoms with van der Waals surface area (Å²) in [7, 11) is 0. The standard InChI is InChI=1S/C15H19BrClNO2/c16-14-6-5-12(17)7-11(14)9-18-8-10-3-1-2-4-13(10)15(19)20/h5-7,10,13,18H,1-4,8-9H2,(H,19,20).